The predicted octanol–water partition coefficient (Wildman–Crippen LogP) is 3.84. The van der Waals surface area contributed by atoms with E-state index in [-0.39, 0.29) is 11.8 Å². The first kappa shape index (κ1) is 20.8. The van der Waals surface area contributed by atoms with Crippen LogP contribution in [0.4, 0.5) is 0 Å². The van der Waals surface area contributed by atoms with Gasteiger partial charge in [0.25, 0.3) is 5.91 Å². The molecule has 0 aliphatic carbocycles. The fourth-order valence-corrected chi connectivity index (χ4v) is 4.08. The van der Waals surface area contributed by atoms with Crippen molar-refractivity contribution in [3.63, 3.8) is 0 Å². The zero-order valence-corrected chi connectivity index (χ0v) is 18.0. The second kappa shape index (κ2) is 9.16. The number of nitrogens with zero attached hydrogens (tertiary/aromatic N) is 3. The lowest BCUT2D eigenvalue weighted by molar-refractivity contribution is -0.119. The molecular formula is C25H28N4O2. The smallest absolute Gasteiger partial charge is 0.257 e. The maximum atomic E-state index is 13.5. The minimum absolute atomic E-state index is 0.00490. The number of aromatic nitrogens is 2. The number of amides is 2. The first-order chi connectivity index (χ1) is 15.0. The number of hydrogen-bond donors (Lipinski definition) is 1. The van der Waals surface area contributed by atoms with Crippen molar-refractivity contribution in [3.8, 4) is 16.9 Å². The molecular weight excluding hydrogens is 388 g/mol. The van der Waals surface area contributed by atoms with E-state index in [1.807, 2.05) is 72.6 Å². The summed E-state index contributed by atoms with van der Waals surface area (Å²) in [6.07, 6.45) is 3.62. The third-order valence-corrected chi connectivity index (χ3v) is 5.91. The lowest BCUT2D eigenvalue weighted by Crippen LogP contribution is -2.41. The van der Waals surface area contributed by atoms with Crippen molar-refractivity contribution < 1.29 is 9.59 Å². The number of aryl methyl sites for hydroxylation is 1. The van der Waals surface area contributed by atoms with Crippen LogP contribution in [0.25, 0.3) is 16.9 Å². The molecule has 31 heavy (non-hydrogen) atoms. The highest BCUT2D eigenvalue weighted by Gasteiger charge is 2.28. The van der Waals surface area contributed by atoms with Gasteiger partial charge in [-0.25, -0.2) is 4.68 Å². The van der Waals surface area contributed by atoms with Crippen LogP contribution in [0.5, 0.6) is 0 Å². The minimum Gasteiger partial charge on any atom is -0.356 e. The van der Waals surface area contributed by atoms with E-state index >= 15 is 0 Å². The van der Waals surface area contributed by atoms with Gasteiger partial charge in [0.2, 0.25) is 5.91 Å². The first-order valence-electron chi connectivity index (χ1n) is 10.8. The summed E-state index contributed by atoms with van der Waals surface area (Å²) in [5.74, 6) is 0.420. The summed E-state index contributed by atoms with van der Waals surface area (Å²) < 4.78 is 1.79. The highest BCUT2D eigenvalue weighted by molar-refractivity contribution is 6.00. The van der Waals surface area contributed by atoms with E-state index < -0.39 is 0 Å². The number of hydrogen-bond acceptors (Lipinski definition) is 3. The Hall–Kier alpha value is -3.41. The fraction of sp³-hybridized carbons (Fsp3) is 0.320. The van der Waals surface area contributed by atoms with Gasteiger partial charge in [0.15, 0.2) is 0 Å². The number of likely N-dealkylation sites (tertiary alicyclic amines) is 1. The number of carbonyl (C=O) groups is 2. The van der Waals surface area contributed by atoms with Crippen LogP contribution in [-0.4, -0.2) is 46.1 Å². The molecule has 3 aromatic rings. The Labute approximate surface area is 182 Å². The molecule has 1 aliphatic rings. The zero-order chi connectivity index (χ0) is 21.8. The number of benzene rings is 2. The van der Waals surface area contributed by atoms with Crippen molar-refractivity contribution in [2.75, 3.05) is 19.6 Å². The van der Waals surface area contributed by atoms with Crippen LogP contribution in [0.2, 0.25) is 0 Å². The SMILES string of the molecule is CC(=O)NCC1CCN(C(=O)c2cn(-c3ccccc3)nc2-c2ccccc2C)CC1. The molecule has 1 aliphatic heterocycles. The van der Waals surface area contributed by atoms with Crippen LogP contribution in [0, 0.1) is 12.8 Å². The van der Waals surface area contributed by atoms with E-state index in [1.165, 1.54) is 6.92 Å². The molecule has 2 heterocycles. The standard InChI is InChI=1S/C25H28N4O2/c1-18-8-6-7-11-22(18)24-23(17-29(27-24)21-9-4-3-5-10-21)25(31)28-14-12-20(13-15-28)16-26-19(2)30/h3-11,17,20H,12-16H2,1-2H3,(H,26,30). The third kappa shape index (κ3) is 4.68. The predicted molar refractivity (Wildman–Crippen MR) is 121 cm³/mol. The molecule has 0 bridgehead atoms. The van der Waals surface area contributed by atoms with Crippen LogP contribution in [0.1, 0.15) is 35.7 Å². The van der Waals surface area contributed by atoms with Gasteiger partial charge in [0, 0.05) is 38.3 Å². The molecule has 6 nitrogen and oxygen atoms in total. The van der Waals surface area contributed by atoms with Crippen LogP contribution < -0.4 is 5.32 Å². The molecule has 2 amide bonds. The Kier molecular flexibility index (Phi) is 6.16. The summed E-state index contributed by atoms with van der Waals surface area (Å²) in [7, 11) is 0. The molecule has 1 aromatic heterocycles. The topological polar surface area (TPSA) is 67.2 Å². The molecule has 0 spiro atoms. The second-order valence-corrected chi connectivity index (χ2v) is 8.16. The van der Waals surface area contributed by atoms with Gasteiger partial charge in [-0.1, -0.05) is 42.5 Å². The highest BCUT2D eigenvalue weighted by atomic mass is 16.2. The number of rotatable bonds is 5. The van der Waals surface area contributed by atoms with Gasteiger partial charge in [-0.05, 0) is 43.4 Å². The highest BCUT2D eigenvalue weighted by Crippen LogP contribution is 2.29. The minimum atomic E-state index is -0.00490. The molecule has 4 rings (SSSR count). The maximum absolute atomic E-state index is 13.5. The molecule has 0 unspecified atom stereocenters. The van der Waals surface area contributed by atoms with Crippen LogP contribution in [0.3, 0.4) is 0 Å². The van der Waals surface area contributed by atoms with Crippen LogP contribution in [-0.2, 0) is 4.79 Å². The quantitative estimate of drug-likeness (QED) is 0.687. The van der Waals surface area contributed by atoms with Crippen LogP contribution in [0.15, 0.2) is 60.8 Å². The van der Waals surface area contributed by atoms with E-state index in [4.69, 9.17) is 5.10 Å². The van der Waals surface area contributed by atoms with Gasteiger partial charge in [0.1, 0.15) is 5.69 Å². The molecule has 0 saturated carbocycles. The van der Waals surface area contributed by atoms with Crippen LogP contribution >= 0.6 is 0 Å². The molecule has 2 aromatic carbocycles. The molecule has 0 atom stereocenters. The first-order valence-corrected chi connectivity index (χ1v) is 10.8. The van der Waals surface area contributed by atoms with Crippen molar-refractivity contribution >= 4 is 11.8 Å². The Morgan fingerprint density at radius 2 is 1.71 bits per heavy atom. The molecule has 0 radical (unpaired) electrons. The van der Waals surface area contributed by atoms with Crippen molar-refractivity contribution in [1.82, 2.24) is 20.0 Å². The normalized spacial score (nSPS) is 14.5. The Morgan fingerprint density at radius 3 is 2.39 bits per heavy atom. The summed E-state index contributed by atoms with van der Waals surface area (Å²) in [5, 5.41) is 7.71. The van der Waals surface area contributed by atoms with Gasteiger partial charge in [-0.2, -0.15) is 5.10 Å². The third-order valence-electron chi connectivity index (χ3n) is 5.91. The van der Waals surface area contributed by atoms with Gasteiger partial charge in [0.05, 0.1) is 11.3 Å². The zero-order valence-electron chi connectivity index (χ0n) is 18.0. The Bertz CT molecular complexity index is 1070. The lowest BCUT2D eigenvalue weighted by Gasteiger charge is -2.32. The van der Waals surface area contributed by atoms with Crippen molar-refractivity contribution in [1.29, 1.82) is 0 Å². The van der Waals surface area contributed by atoms with E-state index in [9.17, 15) is 9.59 Å². The number of piperidine rings is 1. The largest absolute Gasteiger partial charge is 0.356 e. The second-order valence-electron chi connectivity index (χ2n) is 8.16. The van der Waals surface area contributed by atoms with E-state index in [1.54, 1.807) is 4.68 Å². The number of para-hydroxylation sites is 1. The fourth-order valence-electron chi connectivity index (χ4n) is 4.08. The van der Waals surface area contributed by atoms with E-state index in [0.717, 1.165) is 29.7 Å². The van der Waals surface area contributed by atoms with Crippen molar-refractivity contribution in [2.24, 2.45) is 5.92 Å². The number of nitrogens with one attached hydrogen (secondary N) is 1. The van der Waals surface area contributed by atoms with Gasteiger partial charge >= 0.3 is 0 Å². The summed E-state index contributed by atoms with van der Waals surface area (Å²) >= 11 is 0. The number of carbonyl (C=O) groups excluding carboxylic acids is 2. The van der Waals surface area contributed by atoms with Crippen molar-refractivity contribution in [3.05, 3.63) is 71.9 Å². The summed E-state index contributed by atoms with van der Waals surface area (Å²) in [6.45, 7) is 5.63. The van der Waals surface area contributed by atoms with Gasteiger partial charge in [-0.15, -0.1) is 0 Å². The Morgan fingerprint density at radius 1 is 1.03 bits per heavy atom. The maximum Gasteiger partial charge on any atom is 0.257 e. The summed E-state index contributed by atoms with van der Waals surface area (Å²) in [5.41, 5.74) is 4.32. The molecule has 1 saturated heterocycles. The Balaban J connectivity index is 1.61. The molecule has 1 N–H and O–H groups in total. The molecule has 1 fully saturated rings. The van der Waals surface area contributed by atoms with Gasteiger partial charge < -0.3 is 10.2 Å². The monoisotopic (exact) mass is 416 g/mol. The lowest BCUT2D eigenvalue weighted by atomic mass is 9.95. The average Bonchev–Trinajstić information content (AvgIpc) is 3.24. The van der Waals surface area contributed by atoms with Gasteiger partial charge in [-0.3, -0.25) is 9.59 Å². The van der Waals surface area contributed by atoms with Crippen molar-refractivity contribution in [2.45, 2.75) is 26.7 Å². The molecule has 160 valence electrons. The van der Waals surface area contributed by atoms with E-state index in [2.05, 4.69) is 5.32 Å². The summed E-state index contributed by atoms with van der Waals surface area (Å²) in [6, 6.07) is 17.9. The average molecular weight is 417 g/mol. The van der Waals surface area contributed by atoms with E-state index in [0.29, 0.717) is 36.8 Å². The molecule has 6 heteroatoms. The summed E-state index contributed by atoms with van der Waals surface area (Å²) in [4.78, 5) is 26.6.